The number of unbranched alkanes of at least 4 members (excludes halogenated alkanes) is 3. The van der Waals surface area contributed by atoms with E-state index >= 15 is 0 Å². The van der Waals surface area contributed by atoms with E-state index in [9.17, 15) is 4.79 Å². The molecular weight excluding hydrogens is 251 g/mol. The number of rotatable bonds is 7. The summed E-state index contributed by atoms with van der Waals surface area (Å²) in [5.41, 5.74) is 0. The Hall–Kier alpha value is -0.591. The standard InChI is InChI=1S/C13H18OSe/c1-2-3-4-8-11-13(14)15-12-9-6-5-7-10-12/h5-7,9-10H,2-4,8,11H2,1H3. The maximum absolute atomic E-state index is 11.6. The SMILES string of the molecule is CCCCCCC(=O)[Se]c1ccccc1. The van der Waals surface area contributed by atoms with Crippen LogP contribution in [0.1, 0.15) is 39.0 Å². The molecule has 0 bridgehead atoms. The average molecular weight is 269 g/mol. The zero-order chi connectivity index (χ0) is 10.9. The van der Waals surface area contributed by atoms with Gasteiger partial charge in [-0.25, -0.2) is 0 Å². The Balaban J connectivity index is 2.19. The molecule has 0 aliphatic rings. The molecule has 1 aromatic rings. The molecule has 0 aliphatic carbocycles. The van der Waals surface area contributed by atoms with E-state index < -0.39 is 0 Å². The molecule has 1 nitrogen and oxygen atoms in total. The van der Waals surface area contributed by atoms with Crippen LogP contribution in [0.3, 0.4) is 0 Å². The number of hydrogen-bond acceptors (Lipinski definition) is 1. The summed E-state index contributed by atoms with van der Waals surface area (Å²) in [6, 6.07) is 10.1. The predicted molar refractivity (Wildman–Crippen MR) is 65.6 cm³/mol. The Kier molecular flexibility index (Phi) is 6.38. The van der Waals surface area contributed by atoms with Crippen LogP contribution in [0.15, 0.2) is 30.3 Å². The molecule has 82 valence electrons. The Labute approximate surface area is 98.4 Å². The fraction of sp³-hybridized carbons (Fsp3) is 0.462. The molecule has 0 saturated heterocycles. The molecule has 0 heterocycles. The van der Waals surface area contributed by atoms with E-state index in [2.05, 4.69) is 6.92 Å². The molecule has 0 atom stereocenters. The summed E-state index contributed by atoms with van der Waals surface area (Å²) >= 11 is 0.0352. The van der Waals surface area contributed by atoms with Crippen molar-refractivity contribution in [1.82, 2.24) is 0 Å². The first-order valence-electron chi connectivity index (χ1n) is 5.58. The summed E-state index contributed by atoms with van der Waals surface area (Å²) in [5.74, 6) is 0. The van der Waals surface area contributed by atoms with E-state index in [0.29, 0.717) is 4.68 Å². The van der Waals surface area contributed by atoms with Gasteiger partial charge in [-0.15, -0.1) is 0 Å². The summed E-state index contributed by atoms with van der Waals surface area (Å²) in [7, 11) is 0. The van der Waals surface area contributed by atoms with Crippen molar-refractivity contribution in [1.29, 1.82) is 0 Å². The first-order chi connectivity index (χ1) is 7.33. The van der Waals surface area contributed by atoms with Crippen LogP contribution >= 0.6 is 0 Å². The van der Waals surface area contributed by atoms with Crippen LogP contribution in [-0.2, 0) is 4.79 Å². The zero-order valence-corrected chi connectivity index (χ0v) is 11.0. The van der Waals surface area contributed by atoms with Gasteiger partial charge in [-0.05, 0) is 0 Å². The van der Waals surface area contributed by atoms with Gasteiger partial charge in [-0.3, -0.25) is 0 Å². The number of benzene rings is 1. The van der Waals surface area contributed by atoms with Crippen LogP contribution in [0.4, 0.5) is 0 Å². The van der Waals surface area contributed by atoms with Gasteiger partial charge in [0.2, 0.25) is 0 Å². The van der Waals surface area contributed by atoms with Gasteiger partial charge in [0.15, 0.2) is 0 Å². The molecule has 0 aromatic heterocycles. The van der Waals surface area contributed by atoms with E-state index in [0.717, 1.165) is 12.8 Å². The van der Waals surface area contributed by atoms with E-state index in [1.54, 1.807) is 0 Å². The molecule has 0 fully saturated rings. The minimum atomic E-state index is 0.0352. The summed E-state index contributed by atoms with van der Waals surface area (Å²) < 4.78 is 1.63. The number of carbonyl (C=O) groups excluding carboxylic acids is 1. The van der Waals surface area contributed by atoms with Crippen molar-refractivity contribution >= 4 is 24.1 Å². The molecule has 15 heavy (non-hydrogen) atoms. The topological polar surface area (TPSA) is 17.1 Å². The molecule has 2 heteroatoms. The second-order valence-electron chi connectivity index (χ2n) is 3.60. The fourth-order valence-corrected chi connectivity index (χ4v) is 3.05. The first-order valence-corrected chi connectivity index (χ1v) is 7.30. The van der Waals surface area contributed by atoms with Crippen LogP contribution in [-0.4, -0.2) is 19.6 Å². The first kappa shape index (κ1) is 12.5. The fourth-order valence-electron chi connectivity index (χ4n) is 1.37. The van der Waals surface area contributed by atoms with Gasteiger partial charge < -0.3 is 0 Å². The van der Waals surface area contributed by atoms with Gasteiger partial charge in [0, 0.05) is 0 Å². The zero-order valence-electron chi connectivity index (χ0n) is 9.24. The molecule has 0 spiro atoms. The molecule has 0 N–H and O–H groups in total. The quantitative estimate of drug-likeness (QED) is 0.549. The molecule has 1 rings (SSSR count). The summed E-state index contributed by atoms with van der Waals surface area (Å²) in [6.45, 7) is 2.19. The van der Waals surface area contributed by atoms with Crippen molar-refractivity contribution < 1.29 is 4.79 Å². The van der Waals surface area contributed by atoms with Gasteiger partial charge in [0.25, 0.3) is 0 Å². The average Bonchev–Trinajstić information content (AvgIpc) is 2.26. The summed E-state index contributed by atoms with van der Waals surface area (Å²) in [5, 5.41) is 0. The number of hydrogen-bond donors (Lipinski definition) is 0. The van der Waals surface area contributed by atoms with Crippen LogP contribution in [0.5, 0.6) is 0 Å². The third kappa shape index (κ3) is 5.76. The van der Waals surface area contributed by atoms with Crippen LogP contribution < -0.4 is 4.46 Å². The van der Waals surface area contributed by atoms with Crippen molar-refractivity contribution in [2.75, 3.05) is 0 Å². The summed E-state index contributed by atoms with van der Waals surface area (Å²) in [6.07, 6.45) is 5.53. The Morgan fingerprint density at radius 2 is 1.87 bits per heavy atom. The van der Waals surface area contributed by atoms with Gasteiger partial charge >= 0.3 is 98.3 Å². The van der Waals surface area contributed by atoms with Gasteiger partial charge in [-0.2, -0.15) is 0 Å². The van der Waals surface area contributed by atoms with E-state index in [-0.39, 0.29) is 15.0 Å². The summed E-state index contributed by atoms with van der Waals surface area (Å²) in [4.78, 5) is 11.6. The van der Waals surface area contributed by atoms with Crippen LogP contribution in [0, 0.1) is 0 Å². The molecular formula is C13H18OSe. The normalized spacial score (nSPS) is 10.2. The molecule has 0 radical (unpaired) electrons. The Morgan fingerprint density at radius 1 is 1.13 bits per heavy atom. The maximum atomic E-state index is 11.6. The van der Waals surface area contributed by atoms with Crippen molar-refractivity contribution in [3.8, 4) is 0 Å². The third-order valence-electron chi connectivity index (χ3n) is 2.21. The van der Waals surface area contributed by atoms with E-state index in [1.807, 2.05) is 30.3 Å². The Morgan fingerprint density at radius 3 is 2.53 bits per heavy atom. The van der Waals surface area contributed by atoms with E-state index in [1.165, 1.54) is 23.7 Å². The van der Waals surface area contributed by atoms with Gasteiger partial charge in [-0.1, -0.05) is 0 Å². The monoisotopic (exact) mass is 270 g/mol. The van der Waals surface area contributed by atoms with Gasteiger partial charge in [0.1, 0.15) is 0 Å². The number of carbonyl (C=O) groups is 1. The molecule has 0 saturated carbocycles. The minimum absolute atomic E-state index is 0.0352. The molecule has 0 unspecified atom stereocenters. The second kappa shape index (κ2) is 7.67. The van der Waals surface area contributed by atoms with E-state index in [4.69, 9.17) is 0 Å². The second-order valence-corrected chi connectivity index (χ2v) is 5.97. The third-order valence-corrected chi connectivity index (χ3v) is 4.18. The molecule has 0 aliphatic heterocycles. The van der Waals surface area contributed by atoms with Crippen molar-refractivity contribution in [2.45, 2.75) is 39.0 Å². The van der Waals surface area contributed by atoms with Gasteiger partial charge in [0.05, 0.1) is 0 Å². The predicted octanol–water partition coefficient (Wildman–Crippen LogP) is 2.51. The van der Waals surface area contributed by atoms with Crippen LogP contribution in [0.2, 0.25) is 0 Å². The van der Waals surface area contributed by atoms with Crippen molar-refractivity contribution in [3.63, 3.8) is 0 Å². The molecule has 0 amide bonds. The van der Waals surface area contributed by atoms with Crippen molar-refractivity contribution in [3.05, 3.63) is 30.3 Å². The Bertz CT molecular complexity index is 282. The van der Waals surface area contributed by atoms with Crippen LogP contribution in [0.25, 0.3) is 0 Å². The van der Waals surface area contributed by atoms with Crippen molar-refractivity contribution in [2.24, 2.45) is 0 Å². The molecule has 1 aromatic carbocycles.